The Kier molecular flexibility index (Phi) is 3.71. The van der Waals surface area contributed by atoms with Crippen LogP contribution in [0.15, 0.2) is 6.07 Å². The number of aryl methyl sites for hydroxylation is 1. The van der Waals surface area contributed by atoms with Gasteiger partial charge in [0.25, 0.3) is 5.69 Å². The smallest absolute Gasteiger partial charge is 0.294 e. The number of nitrogens with two attached hydrogens (primary N) is 1. The molecule has 1 rings (SSSR count). The van der Waals surface area contributed by atoms with Crippen molar-refractivity contribution in [1.82, 2.24) is 0 Å². The molecule has 0 aliphatic heterocycles. The van der Waals surface area contributed by atoms with Crippen LogP contribution in [-0.4, -0.2) is 11.5 Å². The fraction of sp³-hybridized carbons (Fsp3) is 0.455. The van der Waals surface area contributed by atoms with Crippen LogP contribution in [0.5, 0.6) is 0 Å². The zero-order chi connectivity index (χ0) is 12.3. The lowest BCUT2D eigenvalue weighted by molar-refractivity contribution is -0.383. The van der Waals surface area contributed by atoms with Crippen LogP contribution in [0.2, 0.25) is 0 Å². The van der Waals surface area contributed by atoms with Gasteiger partial charge in [-0.05, 0) is 31.4 Å². The number of hydrogen-bond donors (Lipinski definition) is 2. The van der Waals surface area contributed by atoms with E-state index in [9.17, 15) is 10.1 Å². The van der Waals surface area contributed by atoms with Gasteiger partial charge in [0.15, 0.2) is 0 Å². The molecule has 0 aliphatic carbocycles. The van der Waals surface area contributed by atoms with Crippen LogP contribution in [0.4, 0.5) is 17.1 Å². The number of nitrogens with one attached hydrogen (secondary N) is 1. The zero-order valence-electron chi connectivity index (χ0n) is 9.83. The number of nitrogen functional groups attached to an aromatic ring is 1. The molecule has 0 bridgehead atoms. The fourth-order valence-electron chi connectivity index (χ4n) is 1.50. The first-order valence-electron chi connectivity index (χ1n) is 5.27. The molecule has 0 aliphatic rings. The van der Waals surface area contributed by atoms with E-state index in [1.807, 2.05) is 20.8 Å². The highest BCUT2D eigenvalue weighted by molar-refractivity contribution is 5.80. The third-order valence-corrected chi connectivity index (χ3v) is 2.62. The number of benzene rings is 1. The van der Waals surface area contributed by atoms with E-state index in [0.29, 0.717) is 17.9 Å². The average Bonchev–Trinajstić information content (AvgIpc) is 2.24. The van der Waals surface area contributed by atoms with Gasteiger partial charge >= 0.3 is 0 Å². The number of nitro groups is 1. The summed E-state index contributed by atoms with van der Waals surface area (Å²) in [5, 5.41) is 13.9. The van der Waals surface area contributed by atoms with Gasteiger partial charge < -0.3 is 11.1 Å². The molecule has 0 saturated carbocycles. The lowest BCUT2D eigenvalue weighted by Crippen LogP contribution is -2.08. The number of anilines is 2. The van der Waals surface area contributed by atoms with E-state index >= 15 is 0 Å². The van der Waals surface area contributed by atoms with Gasteiger partial charge in [-0.3, -0.25) is 10.1 Å². The molecular formula is C11H17N3O2. The summed E-state index contributed by atoms with van der Waals surface area (Å²) in [6.07, 6.45) is 0.892. The van der Waals surface area contributed by atoms with Crippen LogP contribution < -0.4 is 11.1 Å². The highest BCUT2D eigenvalue weighted by Gasteiger charge is 2.19. The minimum absolute atomic E-state index is 0.0500. The third-order valence-electron chi connectivity index (χ3n) is 2.62. The Labute approximate surface area is 94.8 Å². The number of nitro benzene ring substituents is 1. The lowest BCUT2D eigenvalue weighted by Gasteiger charge is -2.13. The van der Waals surface area contributed by atoms with Crippen molar-refractivity contribution in [3.05, 3.63) is 27.3 Å². The van der Waals surface area contributed by atoms with Crippen LogP contribution in [0.1, 0.15) is 24.5 Å². The first kappa shape index (κ1) is 12.3. The molecule has 5 heteroatoms. The SMILES string of the molecule is CCCNc1c([N+](=O)[O-])cc(C)c(C)c1N. The van der Waals surface area contributed by atoms with Crippen LogP contribution in [0, 0.1) is 24.0 Å². The van der Waals surface area contributed by atoms with E-state index in [0.717, 1.165) is 17.5 Å². The highest BCUT2D eigenvalue weighted by atomic mass is 16.6. The normalized spacial score (nSPS) is 10.2. The van der Waals surface area contributed by atoms with Crippen molar-refractivity contribution in [3.63, 3.8) is 0 Å². The molecule has 1 aromatic rings. The maximum Gasteiger partial charge on any atom is 0.294 e. The van der Waals surface area contributed by atoms with Gasteiger partial charge in [-0.2, -0.15) is 0 Å². The van der Waals surface area contributed by atoms with Crippen LogP contribution in [-0.2, 0) is 0 Å². The minimum Gasteiger partial charge on any atom is -0.397 e. The largest absolute Gasteiger partial charge is 0.397 e. The van der Waals surface area contributed by atoms with Gasteiger partial charge in [0.05, 0.1) is 10.6 Å². The molecule has 0 spiro atoms. The summed E-state index contributed by atoms with van der Waals surface area (Å²) in [5.41, 5.74) is 8.59. The fourth-order valence-corrected chi connectivity index (χ4v) is 1.50. The quantitative estimate of drug-likeness (QED) is 0.467. The van der Waals surface area contributed by atoms with Crippen molar-refractivity contribution >= 4 is 17.1 Å². The number of rotatable bonds is 4. The molecule has 88 valence electrons. The molecule has 0 amide bonds. The number of nitrogens with zero attached hydrogens (tertiary/aromatic N) is 1. The van der Waals surface area contributed by atoms with Crippen molar-refractivity contribution in [1.29, 1.82) is 0 Å². The summed E-state index contributed by atoms with van der Waals surface area (Å²) in [5.74, 6) is 0. The Morgan fingerprint density at radius 1 is 1.50 bits per heavy atom. The second-order valence-electron chi connectivity index (χ2n) is 3.81. The predicted octanol–water partition coefficient (Wildman–Crippen LogP) is 2.62. The topological polar surface area (TPSA) is 81.2 Å². The van der Waals surface area contributed by atoms with E-state index in [2.05, 4.69) is 5.32 Å². The summed E-state index contributed by atoms with van der Waals surface area (Å²) in [4.78, 5) is 10.5. The zero-order valence-corrected chi connectivity index (χ0v) is 9.83. The first-order chi connectivity index (χ1) is 7.49. The van der Waals surface area contributed by atoms with Crippen LogP contribution >= 0.6 is 0 Å². The molecule has 0 unspecified atom stereocenters. The van der Waals surface area contributed by atoms with Gasteiger partial charge in [-0.1, -0.05) is 6.92 Å². The lowest BCUT2D eigenvalue weighted by atomic mass is 10.0. The van der Waals surface area contributed by atoms with Crippen molar-refractivity contribution in [2.75, 3.05) is 17.6 Å². The van der Waals surface area contributed by atoms with Gasteiger partial charge in [0.1, 0.15) is 5.69 Å². The van der Waals surface area contributed by atoms with E-state index in [1.165, 1.54) is 0 Å². The molecule has 0 aromatic heterocycles. The average molecular weight is 223 g/mol. The molecule has 0 heterocycles. The Morgan fingerprint density at radius 2 is 2.12 bits per heavy atom. The Morgan fingerprint density at radius 3 is 2.62 bits per heavy atom. The molecule has 0 fully saturated rings. The summed E-state index contributed by atoms with van der Waals surface area (Å²) in [6, 6.07) is 1.56. The van der Waals surface area contributed by atoms with E-state index in [4.69, 9.17) is 5.73 Å². The van der Waals surface area contributed by atoms with E-state index in [-0.39, 0.29) is 5.69 Å². The van der Waals surface area contributed by atoms with Gasteiger partial charge in [-0.25, -0.2) is 0 Å². The minimum atomic E-state index is -0.402. The third kappa shape index (κ3) is 2.24. The predicted molar refractivity (Wildman–Crippen MR) is 65.8 cm³/mol. The second kappa shape index (κ2) is 4.83. The molecule has 0 radical (unpaired) electrons. The van der Waals surface area contributed by atoms with Crippen molar-refractivity contribution < 1.29 is 4.92 Å². The van der Waals surface area contributed by atoms with Gasteiger partial charge in [0.2, 0.25) is 0 Å². The molecule has 1 aromatic carbocycles. The van der Waals surface area contributed by atoms with Gasteiger partial charge in [-0.15, -0.1) is 0 Å². The number of hydrogen-bond acceptors (Lipinski definition) is 4. The van der Waals surface area contributed by atoms with E-state index < -0.39 is 4.92 Å². The standard InChI is InChI=1S/C11H17N3O2/c1-4-5-13-11-9(14(15)16)6-7(2)8(3)10(11)12/h6,13H,4-5,12H2,1-3H3. The highest BCUT2D eigenvalue weighted by Crippen LogP contribution is 2.35. The molecule has 0 atom stereocenters. The van der Waals surface area contributed by atoms with Crippen LogP contribution in [0.3, 0.4) is 0 Å². The summed E-state index contributed by atoms with van der Waals surface area (Å²) >= 11 is 0. The van der Waals surface area contributed by atoms with Crippen molar-refractivity contribution in [2.24, 2.45) is 0 Å². The molecule has 5 nitrogen and oxygen atoms in total. The molecular weight excluding hydrogens is 206 g/mol. The summed E-state index contributed by atoms with van der Waals surface area (Å²) in [7, 11) is 0. The van der Waals surface area contributed by atoms with Crippen molar-refractivity contribution in [2.45, 2.75) is 27.2 Å². The summed E-state index contributed by atoms with van der Waals surface area (Å²) in [6.45, 7) is 6.36. The van der Waals surface area contributed by atoms with Crippen LogP contribution in [0.25, 0.3) is 0 Å². The molecule has 16 heavy (non-hydrogen) atoms. The molecule has 0 saturated heterocycles. The maximum absolute atomic E-state index is 10.9. The van der Waals surface area contributed by atoms with Gasteiger partial charge in [0, 0.05) is 12.6 Å². The monoisotopic (exact) mass is 223 g/mol. The first-order valence-corrected chi connectivity index (χ1v) is 5.27. The van der Waals surface area contributed by atoms with Crippen molar-refractivity contribution in [3.8, 4) is 0 Å². The second-order valence-corrected chi connectivity index (χ2v) is 3.81. The molecule has 3 N–H and O–H groups in total. The maximum atomic E-state index is 10.9. The van der Waals surface area contributed by atoms with E-state index in [1.54, 1.807) is 6.07 Å². The Balaban J connectivity index is 3.30. The Hall–Kier alpha value is -1.78. The Bertz CT molecular complexity index is 416. The summed E-state index contributed by atoms with van der Waals surface area (Å²) < 4.78 is 0.